The molecule has 2 nitrogen and oxygen atoms in total. The Kier molecular flexibility index (Phi) is 2.98. The van der Waals surface area contributed by atoms with Crippen LogP contribution in [-0.2, 0) is 5.41 Å². The first kappa shape index (κ1) is 12.5. The number of fused-ring (bicyclic) bond motifs is 1. The van der Waals surface area contributed by atoms with E-state index < -0.39 is 0 Å². The van der Waals surface area contributed by atoms with Crippen LogP contribution >= 0.6 is 11.6 Å². The summed E-state index contributed by atoms with van der Waals surface area (Å²) in [4.78, 5) is 0. The van der Waals surface area contributed by atoms with E-state index in [0.29, 0.717) is 23.5 Å². The molecule has 0 amide bonds. The summed E-state index contributed by atoms with van der Waals surface area (Å²) < 4.78 is 24.6. The van der Waals surface area contributed by atoms with Crippen LogP contribution in [0.3, 0.4) is 0 Å². The van der Waals surface area contributed by atoms with E-state index in [2.05, 4.69) is 0 Å². The van der Waals surface area contributed by atoms with Gasteiger partial charge in [-0.1, -0.05) is 13.8 Å². The molecule has 0 bridgehead atoms. The summed E-state index contributed by atoms with van der Waals surface area (Å²) in [5.41, 5.74) is 1.11. The number of alkyl halides is 1. The van der Waals surface area contributed by atoms with Crippen LogP contribution in [0.15, 0.2) is 6.07 Å². The van der Waals surface area contributed by atoms with Crippen molar-refractivity contribution in [2.45, 2.75) is 31.1 Å². The standard InChI is InChI=1S/C13H16ClFO2/c1-13(2)6-7(14)10-11(13)8(15)5-9(16-3)12(10)17-4/h5,7H,6H2,1-4H3. The molecule has 94 valence electrons. The summed E-state index contributed by atoms with van der Waals surface area (Å²) in [6.07, 6.45) is 0.699. The number of halogens is 2. The molecule has 1 atom stereocenters. The zero-order chi connectivity index (χ0) is 12.8. The van der Waals surface area contributed by atoms with E-state index in [-0.39, 0.29) is 16.6 Å². The van der Waals surface area contributed by atoms with Crippen molar-refractivity contribution in [3.05, 3.63) is 23.0 Å². The van der Waals surface area contributed by atoms with Gasteiger partial charge >= 0.3 is 0 Å². The van der Waals surface area contributed by atoms with Gasteiger partial charge in [0.1, 0.15) is 5.82 Å². The highest BCUT2D eigenvalue weighted by atomic mass is 35.5. The quantitative estimate of drug-likeness (QED) is 0.751. The predicted octanol–water partition coefficient (Wildman–Crippen LogP) is 3.80. The largest absolute Gasteiger partial charge is 0.493 e. The molecule has 0 radical (unpaired) electrons. The first-order chi connectivity index (χ1) is 7.92. The number of hydrogen-bond acceptors (Lipinski definition) is 2. The molecular weight excluding hydrogens is 243 g/mol. The second kappa shape index (κ2) is 4.05. The van der Waals surface area contributed by atoms with Crippen LogP contribution in [0.5, 0.6) is 11.5 Å². The van der Waals surface area contributed by atoms with E-state index in [0.717, 1.165) is 5.56 Å². The minimum atomic E-state index is -0.272. The lowest BCUT2D eigenvalue weighted by Gasteiger charge is -2.20. The maximum Gasteiger partial charge on any atom is 0.165 e. The molecule has 0 N–H and O–H groups in total. The van der Waals surface area contributed by atoms with Gasteiger partial charge in [-0.05, 0) is 11.8 Å². The fraction of sp³-hybridized carbons (Fsp3) is 0.538. The van der Waals surface area contributed by atoms with Gasteiger partial charge in [0.2, 0.25) is 0 Å². The zero-order valence-corrected chi connectivity index (χ0v) is 11.2. The van der Waals surface area contributed by atoms with Gasteiger partial charge in [0.15, 0.2) is 11.5 Å². The van der Waals surface area contributed by atoms with E-state index in [1.165, 1.54) is 13.2 Å². The number of benzene rings is 1. The molecule has 1 unspecified atom stereocenters. The van der Waals surface area contributed by atoms with Crippen molar-refractivity contribution < 1.29 is 13.9 Å². The normalized spacial score (nSPS) is 21.2. The monoisotopic (exact) mass is 258 g/mol. The van der Waals surface area contributed by atoms with Crippen molar-refractivity contribution >= 4 is 11.6 Å². The number of hydrogen-bond donors (Lipinski definition) is 0. The van der Waals surface area contributed by atoms with Gasteiger partial charge in [-0.15, -0.1) is 11.6 Å². The Hall–Kier alpha value is -0.960. The van der Waals surface area contributed by atoms with Gasteiger partial charge in [0.25, 0.3) is 0 Å². The summed E-state index contributed by atoms with van der Waals surface area (Å²) in [5, 5.41) is -0.237. The van der Waals surface area contributed by atoms with Crippen molar-refractivity contribution in [2.75, 3.05) is 14.2 Å². The second-order valence-electron chi connectivity index (χ2n) is 4.94. The zero-order valence-electron chi connectivity index (χ0n) is 10.4. The molecule has 17 heavy (non-hydrogen) atoms. The van der Waals surface area contributed by atoms with Crippen LogP contribution in [0.25, 0.3) is 0 Å². The lowest BCUT2D eigenvalue weighted by molar-refractivity contribution is 0.348. The first-order valence-corrected chi connectivity index (χ1v) is 5.95. The molecule has 0 aliphatic heterocycles. The minimum Gasteiger partial charge on any atom is -0.493 e. The molecule has 0 saturated heterocycles. The van der Waals surface area contributed by atoms with Crippen molar-refractivity contribution in [2.24, 2.45) is 0 Å². The van der Waals surface area contributed by atoms with Gasteiger partial charge in [0.05, 0.1) is 19.6 Å². The van der Waals surface area contributed by atoms with Crippen LogP contribution in [-0.4, -0.2) is 14.2 Å². The predicted molar refractivity (Wildman–Crippen MR) is 65.7 cm³/mol. The highest BCUT2D eigenvalue weighted by molar-refractivity contribution is 6.21. The molecule has 1 aliphatic carbocycles. The fourth-order valence-corrected chi connectivity index (χ4v) is 3.22. The molecule has 1 aromatic rings. The van der Waals surface area contributed by atoms with E-state index >= 15 is 0 Å². The van der Waals surface area contributed by atoms with Crippen LogP contribution in [0.2, 0.25) is 0 Å². The van der Waals surface area contributed by atoms with E-state index in [1.54, 1.807) is 7.11 Å². The lowest BCUT2D eigenvalue weighted by atomic mass is 9.86. The Morgan fingerprint density at radius 3 is 2.53 bits per heavy atom. The maximum atomic E-state index is 14.1. The van der Waals surface area contributed by atoms with E-state index in [1.807, 2.05) is 13.8 Å². The average Bonchev–Trinajstić information content (AvgIpc) is 2.49. The van der Waals surface area contributed by atoms with Gasteiger partial charge in [-0.2, -0.15) is 0 Å². The van der Waals surface area contributed by atoms with Crippen molar-refractivity contribution in [3.63, 3.8) is 0 Å². The van der Waals surface area contributed by atoms with E-state index in [4.69, 9.17) is 21.1 Å². The van der Waals surface area contributed by atoms with Gasteiger partial charge in [-0.25, -0.2) is 4.39 Å². The van der Waals surface area contributed by atoms with E-state index in [9.17, 15) is 4.39 Å². The summed E-state index contributed by atoms with van der Waals surface area (Å²) in [5.74, 6) is 0.673. The Morgan fingerprint density at radius 1 is 1.35 bits per heavy atom. The summed E-state index contributed by atoms with van der Waals surface area (Å²) in [6, 6.07) is 1.37. The number of ether oxygens (including phenoxy) is 2. The number of rotatable bonds is 2. The summed E-state index contributed by atoms with van der Waals surface area (Å²) >= 11 is 6.31. The number of methoxy groups -OCH3 is 2. The fourth-order valence-electron chi connectivity index (χ4n) is 2.63. The molecule has 1 aliphatic rings. The molecule has 0 spiro atoms. The molecule has 1 aromatic carbocycles. The van der Waals surface area contributed by atoms with Crippen LogP contribution < -0.4 is 9.47 Å². The molecule has 2 rings (SSSR count). The summed E-state index contributed by atoms with van der Waals surface area (Å²) in [7, 11) is 3.04. The molecule has 0 fully saturated rings. The van der Waals surface area contributed by atoms with Crippen molar-refractivity contribution in [3.8, 4) is 11.5 Å². The van der Waals surface area contributed by atoms with Crippen LogP contribution in [0, 0.1) is 5.82 Å². The molecule has 0 heterocycles. The van der Waals surface area contributed by atoms with Crippen molar-refractivity contribution in [1.29, 1.82) is 0 Å². The Morgan fingerprint density at radius 2 is 2.00 bits per heavy atom. The Labute approximate surface area is 106 Å². The Balaban J connectivity index is 2.76. The maximum absolute atomic E-state index is 14.1. The summed E-state index contributed by atoms with van der Waals surface area (Å²) in [6.45, 7) is 3.98. The third-order valence-corrected chi connectivity index (χ3v) is 3.71. The molecular formula is C13H16ClFO2. The smallest absolute Gasteiger partial charge is 0.165 e. The minimum absolute atomic E-state index is 0.237. The van der Waals surface area contributed by atoms with Crippen molar-refractivity contribution in [1.82, 2.24) is 0 Å². The third kappa shape index (κ3) is 1.77. The molecule has 0 aromatic heterocycles. The van der Waals surface area contributed by atoms with Crippen LogP contribution in [0.4, 0.5) is 4.39 Å². The van der Waals surface area contributed by atoms with Gasteiger partial charge in [0, 0.05) is 17.2 Å². The SMILES string of the molecule is COc1cc(F)c2c(c1OC)C(Cl)CC2(C)C. The second-order valence-corrected chi connectivity index (χ2v) is 5.46. The first-order valence-electron chi connectivity index (χ1n) is 5.51. The lowest BCUT2D eigenvalue weighted by Crippen LogP contribution is -2.14. The topological polar surface area (TPSA) is 18.5 Å². The van der Waals surface area contributed by atoms with Gasteiger partial charge < -0.3 is 9.47 Å². The Bertz CT molecular complexity index is 457. The van der Waals surface area contributed by atoms with Gasteiger partial charge in [-0.3, -0.25) is 0 Å². The molecule has 0 saturated carbocycles. The third-order valence-electron chi connectivity index (χ3n) is 3.34. The highest BCUT2D eigenvalue weighted by Crippen LogP contribution is 2.54. The van der Waals surface area contributed by atoms with Crippen LogP contribution in [0.1, 0.15) is 36.8 Å². The highest BCUT2D eigenvalue weighted by Gasteiger charge is 2.41. The average molecular weight is 259 g/mol. The molecule has 4 heteroatoms.